The lowest BCUT2D eigenvalue weighted by atomic mass is 9.91. The SMILES string of the molecule is COc1ccc([C@@H]2O[C@@H](O)[C@@H]3c4ccccc4N(S(C)(=O)=O)[C@@H]32)cc1. The number of sulfonamides is 1. The van der Waals surface area contributed by atoms with Gasteiger partial charge in [-0.25, -0.2) is 8.42 Å². The van der Waals surface area contributed by atoms with E-state index in [0.717, 1.165) is 11.1 Å². The summed E-state index contributed by atoms with van der Waals surface area (Å²) in [7, 11) is -1.95. The molecule has 0 radical (unpaired) electrons. The summed E-state index contributed by atoms with van der Waals surface area (Å²) in [4.78, 5) is 0. The predicted molar refractivity (Wildman–Crippen MR) is 93.1 cm³/mol. The first-order valence-corrected chi connectivity index (χ1v) is 9.82. The minimum atomic E-state index is -3.53. The van der Waals surface area contributed by atoms with E-state index in [1.165, 1.54) is 10.6 Å². The number of para-hydroxylation sites is 1. The van der Waals surface area contributed by atoms with Crippen molar-refractivity contribution in [2.45, 2.75) is 24.4 Å². The zero-order valence-corrected chi connectivity index (χ0v) is 14.7. The molecule has 2 aliphatic rings. The lowest BCUT2D eigenvalue weighted by Gasteiger charge is -2.28. The Morgan fingerprint density at radius 1 is 1.12 bits per heavy atom. The molecule has 0 amide bonds. The first kappa shape index (κ1) is 16.4. The van der Waals surface area contributed by atoms with E-state index in [0.29, 0.717) is 11.4 Å². The fourth-order valence-corrected chi connectivity index (χ4v) is 5.09. The fraction of sp³-hybridized carbons (Fsp3) is 0.333. The van der Waals surface area contributed by atoms with Gasteiger partial charge in [0.05, 0.1) is 31.0 Å². The van der Waals surface area contributed by atoms with Gasteiger partial charge in [0, 0.05) is 0 Å². The van der Waals surface area contributed by atoms with Crippen LogP contribution in [-0.4, -0.2) is 39.2 Å². The minimum absolute atomic E-state index is 0.418. The molecular formula is C18H19NO5S. The van der Waals surface area contributed by atoms with E-state index in [1.54, 1.807) is 31.4 Å². The molecule has 4 rings (SSSR count). The molecule has 1 fully saturated rings. The van der Waals surface area contributed by atoms with Crippen molar-refractivity contribution in [1.82, 2.24) is 0 Å². The summed E-state index contributed by atoms with van der Waals surface area (Å²) in [6.45, 7) is 0. The normalized spacial score (nSPS) is 27.9. The number of hydrogen-bond donors (Lipinski definition) is 1. The molecule has 0 spiro atoms. The molecule has 25 heavy (non-hydrogen) atoms. The molecule has 0 bridgehead atoms. The van der Waals surface area contributed by atoms with Gasteiger partial charge in [-0.2, -0.15) is 0 Å². The van der Waals surface area contributed by atoms with Gasteiger partial charge in [0.15, 0.2) is 6.29 Å². The third-order valence-electron chi connectivity index (χ3n) is 4.88. The molecule has 0 unspecified atom stereocenters. The van der Waals surface area contributed by atoms with Gasteiger partial charge in [0.1, 0.15) is 11.9 Å². The summed E-state index contributed by atoms with van der Waals surface area (Å²) >= 11 is 0. The second-order valence-corrected chi connectivity index (χ2v) is 8.21. The average molecular weight is 361 g/mol. The van der Waals surface area contributed by atoms with Gasteiger partial charge in [-0.3, -0.25) is 4.31 Å². The summed E-state index contributed by atoms with van der Waals surface area (Å²) in [5, 5.41) is 10.5. The van der Waals surface area contributed by atoms with E-state index in [4.69, 9.17) is 9.47 Å². The van der Waals surface area contributed by atoms with E-state index >= 15 is 0 Å². The van der Waals surface area contributed by atoms with Gasteiger partial charge in [-0.15, -0.1) is 0 Å². The van der Waals surface area contributed by atoms with Crippen LogP contribution >= 0.6 is 0 Å². The van der Waals surface area contributed by atoms with Crippen LogP contribution < -0.4 is 9.04 Å². The molecule has 1 N–H and O–H groups in total. The third kappa shape index (κ3) is 2.50. The lowest BCUT2D eigenvalue weighted by Crippen LogP contribution is -2.40. The number of fused-ring (bicyclic) bond motifs is 3. The van der Waals surface area contributed by atoms with Crippen molar-refractivity contribution in [3.8, 4) is 5.75 Å². The molecule has 2 heterocycles. The highest BCUT2D eigenvalue weighted by Crippen LogP contribution is 2.54. The molecule has 0 aromatic heterocycles. The molecule has 132 valence electrons. The van der Waals surface area contributed by atoms with Crippen LogP contribution in [-0.2, 0) is 14.8 Å². The maximum Gasteiger partial charge on any atom is 0.232 e. The monoisotopic (exact) mass is 361 g/mol. The highest BCUT2D eigenvalue weighted by molar-refractivity contribution is 7.92. The van der Waals surface area contributed by atoms with Gasteiger partial charge < -0.3 is 14.6 Å². The smallest absolute Gasteiger partial charge is 0.232 e. The van der Waals surface area contributed by atoms with Crippen LogP contribution in [0.3, 0.4) is 0 Å². The summed E-state index contributed by atoms with van der Waals surface area (Å²) in [5.74, 6) is 0.284. The summed E-state index contributed by atoms with van der Waals surface area (Å²) in [5.41, 5.74) is 2.20. The van der Waals surface area contributed by atoms with Gasteiger partial charge in [0.25, 0.3) is 0 Å². The zero-order valence-electron chi connectivity index (χ0n) is 13.9. The summed E-state index contributed by atoms with van der Waals surface area (Å²) in [6.07, 6.45) is -0.444. The number of ether oxygens (including phenoxy) is 2. The number of aliphatic hydroxyl groups is 1. The number of methoxy groups -OCH3 is 1. The molecule has 2 aromatic rings. The summed E-state index contributed by atoms with van der Waals surface area (Å²) in [6, 6.07) is 14.0. The Balaban J connectivity index is 1.83. The maximum absolute atomic E-state index is 12.5. The molecule has 6 nitrogen and oxygen atoms in total. The Morgan fingerprint density at radius 3 is 2.44 bits per heavy atom. The number of aliphatic hydroxyl groups excluding tert-OH is 1. The number of benzene rings is 2. The van der Waals surface area contributed by atoms with Gasteiger partial charge in [0.2, 0.25) is 10.0 Å². The van der Waals surface area contributed by atoms with Crippen molar-refractivity contribution >= 4 is 15.7 Å². The number of hydrogen-bond acceptors (Lipinski definition) is 5. The minimum Gasteiger partial charge on any atom is -0.497 e. The van der Waals surface area contributed by atoms with Crippen LogP contribution in [0.2, 0.25) is 0 Å². The molecule has 4 atom stereocenters. The second-order valence-electron chi connectivity index (χ2n) is 6.35. The standard InChI is InChI=1S/C18H19NO5S/c1-23-12-9-7-11(8-10-12)17-16-15(18(20)24-17)13-5-3-4-6-14(13)19(16)25(2,21)22/h3-10,15-18,20H,1-2H3/t15-,16+,17+,18-/m1/s1. The molecule has 2 aromatic carbocycles. The predicted octanol–water partition coefficient (Wildman–Crippen LogP) is 2.02. The molecule has 7 heteroatoms. The highest BCUT2D eigenvalue weighted by atomic mass is 32.2. The van der Waals surface area contributed by atoms with Crippen LogP contribution in [0.5, 0.6) is 5.75 Å². The quantitative estimate of drug-likeness (QED) is 0.905. The molecule has 0 aliphatic carbocycles. The van der Waals surface area contributed by atoms with E-state index < -0.39 is 34.4 Å². The van der Waals surface area contributed by atoms with Crippen molar-refractivity contribution < 1.29 is 23.0 Å². The fourth-order valence-electron chi connectivity index (χ4n) is 3.88. The van der Waals surface area contributed by atoms with Crippen molar-refractivity contribution in [1.29, 1.82) is 0 Å². The maximum atomic E-state index is 12.5. The van der Waals surface area contributed by atoms with Crippen LogP contribution in [0, 0.1) is 0 Å². The molecule has 2 aliphatic heterocycles. The van der Waals surface area contributed by atoms with Gasteiger partial charge in [-0.1, -0.05) is 30.3 Å². The van der Waals surface area contributed by atoms with E-state index in [-0.39, 0.29) is 0 Å². The topological polar surface area (TPSA) is 76.1 Å². The number of anilines is 1. The van der Waals surface area contributed by atoms with Crippen molar-refractivity contribution in [2.75, 3.05) is 17.7 Å². The Labute approximate surface area is 146 Å². The Kier molecular flexibility index (Phi) is 3.75. The van der Waals surface area contributed by atoms with Crippen molar-refractivity contribution in [2.24, 2.45) is 0 Å². The first-order valence-electron chi connectivity index (χ1n) is 7.97. The Bertz CT molecular complexity index is 896. The largest absolute Gasteiger partial charge is 0.497 e. The van der Waals surface area contributed by atoms with Crippen LogP contribution in [0.15, 0.2) is 48.5 Å². The second kappa shape index (κ2) is 5.72. The van der Waals surface area contributed by atoms with Crippen LogP contribution in [0.25, 0.3) is 0 Å². The Morgan fingerprint density at radius 2 is 1.80 bits per heavy atom. The van der Waals surface area contributed by atoms with Crippen molar-refractivity contribution in [3.63, 3.8) is 0 Å². The van der Waals surface area contributed by atoms with Crippen molar-refractivity contribution in [3.05, 3.63) is 59.7 Å². The third-order valence-corrected chi connectivity index (χ3v) is 6.03. The number of nitrogens with zero attached hydrogens (tertiary/aromatic N) is 1. The first-order chi connectivity index (χ1) is 11.9. The molecule has 1 saturated heterocycles. The van der Waals surface area contributed by atoms with Gasteiger partial charge >= 0.3 is 0 Å². The lowest BCUT2D eigenvalue weighted by molar-refractivity contribution is -0.0987. The Hall–Kier alpha value is -2.09. The van der Waals surface area contributed by atoms with Crippen LogP contribution in [0.4, 0.5) is 5.69 Å². The molecular weight excluding hydrogens is 342 g/mol. The van der Waals surface area contributed by atoms with Gasteiger partial charge in [-0.05, 0) is 29.3 Å². The van der Waals surface area contributed by atoms with E-state index in [9.17, 15) is 13.5 Å². The van der Waals surface area contributed by atoms with E-state index in [1.807, 2.05) is 24.3 Å². The highest BCUT2D eigenvalue weighted by Gasteiger charge is 2.55. The molecule has 0 saturated carbocycles. The van der Waals surface area contributed by atoms with E-state index in [2.05, 4.69) is 0 Å². The number of rotatable bonds is 3. The average Bonchev–Trinajstić information content (AvgIpc) is 3.10. The van der Waals surface area contributed by atoms with Crippen LogP contribution in [0.1, 0.15) is 23.1 Å². The summed E-state index contributed by atoms with van der Waals surface area (Å²) < 4.78 is 37.3. The zero-order chi connectivity index (χ0) is 17.8.